The van der Waals surface area contributed by atoms with Crippen LogP contribution in [0.5, 0.6) is 0 Å². The summed E-state index contributed by atoms with van der Waals surface area (Å²) in [7, 11) is 0. The molecular formula is C12H15BrN2O4. The highest BCUT2D eigenvalue weighted by molar-refractivity contribution is 9.10. The fourth-order valence-electron chi connectivity index (χ4n) is 1.77. The van der Waals surface area contributed by atoms with Gasteiger partial charge in [-0.3, -0.25) is 10.1 Å². The van der Waals surface area contributed by atoms with Crippen molar-refractivity contribution in [1.29, 1.82) is 0 Å². The zero-order chi connectivity index (χ0) is 14.0. The van der Waals surface area contributed by atoms with Crippen molar-refractivity contribution in [1.82, 2.24) is 0 Å². The predicted octanol–water partition coefficient (Wildman–Crippen LogP) is 2.92. The number of nitrogens with one attached hydrogen (secondary N) is 1. The molecule has 1 aromatic rings. The van der Waals surface area contributed by atoms with Crippen molar-refractivity contribution in [2.24, 2.45) is 0 Å². The summed E-state index contributed by atoms with van der Waals surface area (Å²) >= 11 is 3.22. The van der Waals surface area contributed by atoms with E-state index in [-0.39, 0.29) is 11.7 Å². The lowest BCUT2D eigenvalue weighted by Crippen LogP contribution is -2.45. The second-order valence-corrected chi connectivity index (χ2v) is 5.70. The number of ether oxygens (including phenoxy) is 2. The molecule has 19 heavy (non-hydrogen) atoms. The summed E-state index contributed by atoms with van der Waals surface area (Å²) in [6, 6.07) is 4.79. The minimum absolute atomic E-state index is 0.0270. The van der Waals surface area contributed by atoms with Crippen LogP contribution in [0.2, 0.25) is 0 Å². The highest BCUT2D eigenvalue weighted by Crippen LogP contribution is 2.29. The Morgan fingerprint density at radius 3 is 2.63 bits per heavy atom. The molecule has 1 heterocycles. The van der Waals surface area contributed by atoms with Gasteiger partial charge in [-0.1, -0.05) is 15.9 Å². The topological polar surface area (TPSA) is 73.6 Å². The Labute approximate surface area is 119 Å². The fourth-order valence-corrected chi connectivity index (χ4v) is 2.12. The van der Waals surface area contributed by atoms with Gasteiger partial charge in [0.2, 0.25) is 0 Å². The number of halogens is 1. The third-order valence-corrected chi connectivity index (χ3v) is 3.27. The highest BCUT2D eigenvalue weighted by Gasteiger charge is 2.29. The standard InChI is InChI=1S/C12H15BrN2O4/c1-12(2)18-6-9(7-19-12)14-10-4-3-8(13)5-11(10)15(16)17/h3-5,9,14H,6-7H2,1-2H3. The molecule has 1 fully saturated rings. The van der Waals surface area contributed by atoms with E-state index in [1.54, 1.807) is 12.1 Å². The molecule has 0 saturated carbocycles. The first kappa shape index (κ1) is 14.2. The molecule has 0 aliphatic carbocycles. The molecule has 0 bridgehead atoms. The third kappa shape index (κ3) is 3.65. The summed E-state index contributed by atoms with van der Waals surface area (Å²) < 4.78 is 11.7. The van der Waals surface area contributed by atoms with Crippen molar-refractivity contribution in [3.8, 4) is 0 Å². The van der Waals surface area contributed by atoms with E-state index in [9.17, 15) is 10.1 Å². The summed E-state index contributed by atoms with van der Waals surface area (Å²) in [5, 5.41) is 14.1. The Hall–Kier alpha value is -1.18. The van der Waals surface area contributed by atoms with Crippen LogP contribution in [0.25, 0.3) is 0 Å². The predicted molar refractivity (Wildman–Crippen MR) is 74.2 cm³/mol. The number of anilines is 1. The van der Waals surface area contributed by atoms with Crippen LogP contribution in [-0.2, 0) is 9.47 Å². The smallest absolute Gasteiger partial charge is 0.293 e. The SMILES string of the molecule is CC1(C)OCC(Nc2ccc(Br)cc2[N+](=O)[O-])CO1. The lowest BCUT2D eigenvalue weighted by atomic mass is 10.2. The number of benzene rings is 1. The number of nitro benzene ring substituents is 1. The van der Waals surface area contributed by atoms with Gasteiger partial charge in [-0.15, -0.1) is 0 Å². The minimum Gasteiger partial charge on any atom is -0.372 e. The average molecular weight is 331 g/mol. The van der Waals surface area contributed by atoms with E-state index >= 15 is 0 Å². The summed E-state index contributed by atoms with van der Waals surface area (Å²) in [5.74, 6) is -0.593. The van der Waals surface area contributed by atoms with E-state index in [0.29, 0.717) is 23.4 Å². The van der Waals surface area contributed by atoms with E-state index in [1.165, 1.54) is 6.07 Å². The van der Waals surface area contributed by atoms with E-state index < -0.39 is 10.7 Å². The Kier molecular flexibility index (Phi) is 4.07. The maximum Gasteiger partial charge on any atom is 0.293 e. The highest BCUT2D eigenvalue weighted by atomic mass is 79.9. The van der Waals surface area contributed by atoms with Crippen molar-refractivity contribution in [2.45, 2.75) is 25.7 Å². The molecule has 0 aromatic heterocycles. The van der Waals surface area contributed by atoms with Crippen LogP contribution in [-0.4, -0.2) is 30.0 Å². The summed E-state index contributed by atoms with van der Waals surface area (Å²) in [5.41, 5.74) is 0.490. The first-order chi connectivity index (χ1) is 8.87. The number of hydrogen-bond donors (Lipinski definition) is 1. The summed E-state index contributed by atoms with van der Waals surface area (Å²) in [6.07, 6.45) is 0. The zero-order valence-electron chi connectivity index (χ0n) is 10.7. The van der Waals surface area contributed by atoms with Crippen LogP contribution in [0.15, 0.2) is 22.7 Å². The average Bonchev–Trinajstić information content (AvgIpc) is 2.33. The molecule has 0 radical (unpaired) electrons. The molecule has 0 atom stereocenters. The van der Waals surface area contributed by atoms with Crippen molar-refractivity contribution in [3.05, 3.63) is 32.8 Å². The van der Waals surface area contributed by atoms with Crippen molar-refractivity contribution in [3.63, 3.8) is 0 Å². The first-order valence-electron chi connectivity index (χ1n) is 5.86. The molecule has 1 aromatic carbocycles. The Morgan fingerprint density at radius 2 is 2.05 bits per heavy atom. The minimum atomic E-state index is -0.593. The van der Waals surface area contributed by atoms with E-state index in [4.69, 9.17) is 9.47 Å². The Balaban J connectivity index is 2.10. The summed E-state index contributed by atoms with van der Waals surface area (Å²) in [4.78, 5) is 10.6. The van der Waals surface area contributed by atoms with Crippen LogP contribution < -0.4 is 5.32 Å². The molecule has 6 nitrogen and oxygen atoms in total. The maximum absolute atomic E-state index is 11.0. The molecule has 1 aliphatic rings. The lowest BCUT2D eigenvalue weighted by Gasteiger charge is -2.35. The monoisotopic (exact) mass is 330 g/mol. The van der Waals surface area contributed by atoms with E-state index in [2.05, 4.69) is 21.2 Å². The van der Waals surface area contributed by atoms with Gasteiger partial charge < -0.3 is 14.8 Å². The normalized spacial score (nSPS) is 19.1. The first-order valence-corrected chi connectivity index (χ1v) is 6.65. The van der Waals surface area contributed by atoms with Crippen LogP contribution in [0.4, 0.5) is 11.4 Å². The maximum atomic E-state index is 11.0. The molecule has 1 N–H and O–H groups in total. The Bertz CT molecular complexity index is 483. The molecule has 0 amide bonds. The quantitative estimate of drug-likeness (QED) is 0.681. The van der Waals surface area contributed by atoms with E-state index in [1.807, 2.05) is 13.8 Å². The molecule has 0 unspecified atom stereocenters. The van der Waals surface area contributed by atoms with Gasteiger partial charge in [0.05, 0.1) is 24.2 Å². The van der Waals surface area contributed by atoms with Gasteiger partial charge in [-0.25, -0.2) is 0 Å². The number of rotatable bonds is 3. The van der Waals surface area contributed by atoms with Crippen molar-refractivity contribution < 1.29 is 14.4 Å². The van der Waals surface area contributed by atoms with Crippen molar-refractivity contribution in [2.75, 3.05) is 18.5 Å². The summed E-state index contributed by atoms with van der Waals surface area (Å²) in [6.45, 7) is 4.57. The fraction of sp³-hybridized carbons (Fsp3) is 0.500. The molecule has 7 heteroatoms. The van der Waals surface area contributed by atoms with Gasteiger partial charge in [0.15, 0.2) is 5.79 Å². The Morgan fingerprint density at radius 1 is 1.42 bits per heavy atom. The number of nitrogens with zero attached hydrogens (tertiary/aromatic N) is 1. The van der Waals surface area contributed by atoms with Gasteiger partial charge in [0.25, 0.3) is 5.69 Å². The van der Waals surface area contributed by atoms with Crippen LogP contribution >= 0.6 is 15.9 Å². The van der Waals surface area contributed by atoms with Crippen LogP contribution in [0, 0.1) is 10.1 Å². The van der Waals surface area contributed by atoms with Gasteiger partial charge in [-0.2, -0.15) is 0 Å². The van der Waals surface area contributed by atoms with Crippen LogP contribution in [0.1, 0.15) is 13.8 Å². The second-order valence-electron chi connectivity index (χ2n) is 4.78. The van der Waals surface area contributed by atoms with Gasteiger partial charge >= 0.3 is 0 Å². The molecule has 1 aliphatic heterocycles. The second kappa shape index (κ2) is 5.44. The van der Waals surface area contributed by atoms with Gasteiger partial charge in [0, 0.05) is 10.5 Å². The molecule has 0 spiro atoms. The molecule has 1 saturated heterocycles. The molecular weight excluding hydrogens is 316 g/mol. The zero-order valence-corrected chi connectivity index (χ0v) is 12.3. The largest absolute Gasteiger partial charge is 0.372 e. The number of nitro groups is 1. The van der Waals surface area contributed by atoms with Gasteiger partial charge in [0.1, 0.15) is 5.69 Å². The lowest BCUT2D eigenvalue weighted by molar-refractivity contribution is -0.384. The van der Waals surface area contributed by atoms with Crippen molar-refractivity contribution >= 4 is 27.3 Å². The number of hydrogen-bond acceptors (Lipinski definition) is 5. The molecule has 2 rings (SSSR count). The van der Waals surface area contributed by atoms with E-state index in [0.717, 1.165) is 0 Å². The van der Waals surface area contributed by atoms with Crippen LogP contribution in [0.3, 0.4) is 0 Å². The molecule has 104 valence electrons. The van der Waals surface area contributed by atoms with Gasteiger partial charge in [-0.05, 0) is 26.0 Å². The third-order valence-electron chi connectivity index (χ3n) is 2.78.